The Morgan fingerprint density at radius 1 is 1.21 bits per heavy atom. The Labute approximate surface area is 113 Å². The van der Waals surface area contributed by atoms with Gasteiger partial charge in [0, 0.05) is 35.8 Å². The molecule has 0 radical (unpaired) electrons. The number of aromatic nitrogens is 1. The third kappa shape index (κ3) is 3.12. The smallest absolute Gasteiger partial charge is 0.186 e. The molecule has 0 aliphatic heterocycles. The average molecular weight is 256 g/mol. The molecule has 3 heteroatoms. The summed E-state index contributed by atoms with van der Waals surface area (Å²) >= 11 is 0. The van der Waals surface area contributed by atoms with Crippen molar-refractivity contribution >= 4 is 0 Å². The Bertz CT molecular complexity index is 629. The lowest BCUT2D eigenvalue weighted by atomic mass is 10.2. The van der Waals surface area contributed by atoms with Crippen molar-refractivity contribution in [2.75, 3.05) is 6.54 Å². The molecule has 0 atom stereocenters. The van der Waals surface area contributed by atoms with Crippen LogP contribution in [0.4, 0.5) is 0 Å². The molecule has 1 heterocycles. The first kappa shape index (κ1) is 13.6. The average Bonchev–Trinajstić information content (AvgIpc) is 2.38. The second-order valence-corrected chi connectivity index (χ2v) is 4.79. The Hall–Kier alpha value is -1.87. The Morgan fingerprint density at radius 2 is 2.00 bits per heavy atom. The van der Waals surface area contributed by atoms with E-state index < -0.39 is 0 Å². The van der Waals surface area contributed by atoms with E-state index in [-0.39, 0.29) is 5.43 Å². The van der Waals surface area contributed by atoms with Crippen LogP contribution < -0.4 is 10.7 Å². The van der Waals surface area contributed by atoms with Crippen LogP contribution in [0.25, 0.3) is 5.69 Å². The second kappa shape index (κ2) is 5.85. The molecule has 0 amide bonds. The van der Waals surface area contributed by atoms with E-state index in [0.717, 1.165) is 23.5 Å². The van der Waals surface area contributed by atoms with Crippen LogP contribution in [0.15, 0.2) is 41.3 Å². The van der Waals surface area contributed by atoms with E-state index in [1.807, 2.05) is 26.1 Å². The molecular formula is C16H20N2O. The van der Waals surface area contributed by atoms with E-state index in [0.29, 0.717) is 6.54 Å². The quantitative estimate of drug-likeness (QED) is 0.912. The zero-order valence-electron chi connectivity index (χ0n) is 11.7. The summed E-state index contributed by atoms with van der Waals surface area (Å²) in [4.78, 5) is 11.9. The zero-order valence-corrected chi connectivity index (χ0v) is 11.7. The van der Waals surface area contributed by atoms with Crippen molar-refractivity contribution in [1.82, 2.24) is 9.88 Å². The van der Waals surface area contributed by atoms with Crippen LogP contribution in [0.5, 0.6) is 0 Å². The van der Waals surface area contributed by atoms with E-state index in [2.05, 4.69) is 35.0 Å². The maximum atomic E-state index is 11.9. The van der Waals surface area contributed by atoms with Crippen LogP contribution in [0.1, 0.15) is 23.7 Å². The van der Waals surface area contributed by atoms with Gasteiger partial charge < -0.3 is 9.88 Å². The van der Waals surface area contributed by atoms with Gasteiger partial charge >= 0.3 is 0 Å². The molecule has 0 fully saturated rings. The Kier molecular flexibility index (Phi) is 4.17. The fourth-order valence-corrected chi connectivity index (χ4v) is 2.12. The molecule has 0 spiro atoms. The van der Waals surface area contributed by atoms with Crippen LogP contribution in [0, 0.1) is 13.8 Å². The van der Waals surface area contributed by atoms with E-state index >= 15 is 0 Å². The molecule has 1 N–H and O–H groups in total. The van der Waals surface area contributed by atoms with Crippen molar-refractivity contribution in [3.63, 3.8) is 0 Å². The third-order valence-corrected chi connectivity index (χ3v) is 3.17. The molecule has 0 bridgehead atoms. The monoisotopic (exact) mass is 256 g/mol. The summed E-state index contributed by atoms with van der Waals surface area (Å²) in [5.74, 6) is 0. The lowest BCUT2D eigenvalue weighted by Gasteiger charge is -2.13. The molecule has 3 nitrogen and oxygen atoms in total. The van der Waals surface area contributed by atoms with Gasteiger partial charge in [0.1, 0.15) is 0 Å². The van der Waals surface area contributed by atoms with Gasteiger partial charge in [-0.15, -0.1) is 0 Å². The van der Waals surface area contributed by atoms with E-state index in [9.17, 15) is 4.79 Å². The van der Waals surface area contributed by atoms with Crippen molar-refractivity contribution in [1.29, 1.82) is 0 Å². The predicted molar refractivity (Wildman–Crippen MR) is 78.9 cm³/mol. The SMILES string of the molecule is CCNCc1cn(-c2cccc(C)c2)c(C)cc1=O. The highest BCUT2D eigenvalue weighted by atomic mass is 16.1. The third-order valence-electron chi connectivity index (χ3n) is 3.17. The predicted octanol–water partition coefficient (Wildman–Crippen LogP) is 2.56. The summed E-state index contributed by atoms with van der Waals surface area (Å²) in [7, 11) is 0. The fraction of sp³-hybridized carbons (Fsp3) is 0.312. The molecule has 2 rings (SSSR count). The number of pyridine rings is 1. The van der Waals surface area contributed by atoms with Gasteiger partial charge in [-0.25, -0.2) is 0 Å². The number of benzene rings is 1. The minimum absolute atomic E-state index is 0.0994. The van der Waals surface area contributed by atoms with Gasteiger partial charge in [-0.1, -0.05) is 19.1 Å². The van der Waals surface area contributed by atoms with Crippen molar-refractivity contribution in [3.8, 4) is 5.69 Å². The molecule has 1 aromatic carbocycles. The van der Waals surface area contributed by atoms with Gasteiger partial charge in [0.2, 0.25) is 0 Å². The number of hydrogen-bond donors (Lipinski definition) is 1. The minimum atomic E-state index is 0.0994. The van der Waals surface area contributed by atoms with Gasteiger partial charge in [0.15, 0.2) is 5.43 Å². The normalized spacial score (nSPS) is 10.7. The molecule has 0 aliphatic carbocycles. The Morgan fingerprint density at radius 3 is 2.68 bits per heavy atom. The minimum Gasteiger partial charge on any atom is -0.321 e. The maximum absolute atomic E-state index is 11.9. The number of hydrogen-bond acceptors (Lipinski definition) is 2. The largest absolute Gasteiger partial charge is 0.321 e. The molecule has 2 aromatic rings. The number of rotatable bonds is 4. The summed E-state index contributed by atoms with van der Waals surface area (Å²) in [6.45, 7) is 7.54. The van der Waals surface area contributed by atoms with Crippen LogP contribution >= 0.6 is 0 Å². The fourth-order valence-electron chi connectivity index (χ4n) is 2.12. The topological polar surface area (TPSA) is 34.0 Å². The van der Waals surface area contributed by atoms with Gasteiger partial charge in [-0.3, -0.25) is 4.79 Å². The van der Waals surface area contributed by atoms with Crippen molar-refractivity contribution in [3.05, 3.63) is 63.6 Å². The number of nitrogens with one attached hydrogen (secondary N) is 1. The molecule has 0 aliphatic rings. The number of nitrogens with zero attached hydrogens (tertiary/aromatic N) is 1. The maximum Gasteiger partial charge on any atom is 0.186 e. The van der Waals surface area contributed by atoms with E-state index in [1.54, 1.807) is 6.07 Å². The van der Waals surface area contributed by atoms with Crippen molar-refractivity contribution < 1.29 is 0 Å². The first-order chi connectivity index (χ1) is 9.11. The highest BCUT2D eigenvalue weighted by Crippen LogP contribution is 2.12. The first-order valence-corrected chi connectivity index (χ1v) is 6.61. The second-order valence-electron chi connectivity index (χ2n) is 4.79. The van der Waals surface area contributed by atoms with Crippen LogP contribution in [-0.2, 0) is 6.54 Å². The van der Waals surface area contributed by atoms with Gasteiger partial charge in [-0.2, -0.15) is 0 Å². The van der Waals surface area contributed by atoms with Crippen molar-refractivity contribution in [2.24, 2.45) is 0 Å². The van der Waals surface area contributed by atoms with Gasteiger partial charge in [-0.05, 0) is 38.1 Å². The van der Waals surface area contributed by atoms with Crippen molar-refractivity contribution in [2.45, 2.75) is 27.3 Å². The molecule has 19 heavy (non-hydrogen) atoms. The molecule has 1 aromatic heterocycles. The Balaban J connectivity index is 2.48. The summed E-state index contributed by atoms with van der Waals surface area (Å²) in [5, 5.41) is 3.20. The summed E-state index contributed by atoms with van der Waals surface area (Å²) in [6.07, 6.45) is 1.94. The summed E-state index contributed by atoms with van der Waals surface area (Å²) < 4.78 is 2.07. The molecule has 0 saturated carbocycles. The molecule has 0 unspecified atom stereocenters. The zero-order chi connectivity index (χ0) is 13.8. The molecule has 0 saturated heterocycles. The van der Waals surface area contributed by atoms with E-state index in [1.165, 1.54) is 5.56 Å². The lowest BCUT2D eigenvalue weighted by molar-refractivity contribution is 0.716. The summed E-state index contributed by atoms with van der Waals surface area (Å²) in [6, 6.07) is 9.98. The summed E-state index contributed by atoms with van der Waals surface area (Å²) in [5.41, 5.74) is 4.16. The number of aryl methyl sites for hydroxylation is 2. The standard InChI is InChI=1S/C16H20N2O/c1-4-17-10-14-11-18(13(3)9-16(14)19)15-7-5-6-12(2)8-15/h5-9,11,17H,4,10H2,1-3H3. The lowest BCUT2D eigenvalue weighted by Crippen LogP contribution is -2.21. The highest BCUT2D eigenvalue weighted by Gasteiger charge is 2.05. The van der Waals surface area contributed by atoms with Crippen LogP contribution in [0.2, 0.25) is 0 Å². The first-order valence-electron chi connectivity index (χ1n) is 6.61. The van der Waals surface area contributed by atoms with Gasteiger partial charge in [0.05, 0.1) is 0 Å². The molecular weight excluding hydrogens is 236 g/mol. The van der Waals surface area contributed by atoms with Crippen LogP contribution in [0.3, 0.4) is 0 Å². The molecule has 100 valence electrons. The van der Waals surface area contributed by atoms with Gasteiger partial charge in [0.25, 0.3) is 0 Å². The van der Waals surface area contributed by atoms with Crippen LogP contribution in [-0.4, -0.2) is 11.1 Å². The highest BCUT2D eigenvalue weighted by molar-refractivity contribution is 5.38. The van der Waals surface area contributed by atoms with E-state index in [4.69, 9.17) is 0 Å².